The molecule has 4 rings (SSSR count). The number of nitrogens with zero attached hydrogens (tertiary/aromatic N) is 3. The first-order valence-corrected chi connectivity index (χ1v) is 8.00. The Labute approximate surface area is 147 Å². The molecular weight excluding hydrogens is 344 g/mol. The third-order valence-electron chi connectivity index (χ3n) is 4.06. The number of alkyl halides is 1. The Kier molecular flexibility index (Phi) is 4.11. The van der Waals surface area contributed by atoms with E-state index >= 15 is 0 Å². The molecule has 0 spiro atoms. The Morgan fingerprint density at radius 3 is 3.08 bits per heavy atom. The van der Waals surface area contributed by atoms with Crippen molar-refractivity contribution >= 4 is 17.4 Å². The molecule has 1 aliphatic heterocycles. The van der Waals surface area contributed by atoms with Crippen LogP contribution < -0.4 is 15.4 Å². The summed E-state index contributed by atoms with van der Waals surface area (Å²) in [6, 6.07) is 4.92. The zero-order chi connectivity index (χ0) is 18.1. The van der Waals surface area contributed by atoms with Crippen LogP contribution in [0.5, 0.6) is 5.75 Å². The van der Waals surface area contributed by atoms with Gasteiger partial charge < -0.3 is 15.4 Å². The predicted molar refractivity (Wildman–Crippen MR) is 89.4 cm³/mol. The monoisotopic (exact) mass is 359 g/mol. The van der Waals surface area contributed by atoms with Gasteiger partial charge in [0.15, 0.2) is 5.65 Å². The van der Waals surface area contributed by atoms with Gasteiger partial charge in [0.25, 0.3) is 5.91 Å². The molecule has 2 bridgehead atoms. The van der Waals surface area contributed by atoms with Gasteiger partial charge in [-0.1, -0.05) is 0 Å². The third kappa shape index (κ3) is 3.03. The number of rotatable bonds is 1. The lowest BCUT2D eigenvalue weighted by molar-refractivity contribution is 0.0912. The van der Waals surface area contributed by atoms with E-state index in [0.29, 0.717) is 22.8 Å². The van der Waals surface area contributed by atoms with Gasteiger partial charge in [-0.25, -0.2) is 18.3 Å². The SMILES string of the molecule is O=C1N[C@H](CF)COc2ccc(F)cc2CNc2ccn3ncc1c3n2. The zero-order valence-electron chi connectivity index (χ0n) is 13.6. The molecule has 0 fully saturated rings. The lowest BCUT2D eigenvalue weighted by Crippen LogP contribution is -2.40. The molecule has 1 atom stereocenters. The number of carbonyl (C=O) groups excluding carboxylic acids is 1. The van der Waals surface area contributed by atoms with Crippen LogP contribution in [0.1, 0.15) is 15.9 Å². The van der Waals surface area contributed by atoms with E-state index in [9.17, 15) is 13.6 Å². The minimum absolute atomic E-state index is 0.0870. The summed E-state index contributed by atoms with van der Waals surface area (Å²) >= 11 is 0. The number of benzene rings is 1. The molecule has 3 heterocycles. The lowest BCUT2D eigenvalue weighted by atomic mass is 10.2. The quantitative estimate of drug-likeness (QED) is 0.694. The summed E-state index contributed by atoms with van der Waals surface area (Å²) in [4.78, 5) is 16.8. The van der Waals surface area contributed by atoms with Crippen molar-refractivity contribution in [1.29, 1.82) is 0 Å². The second-order valence-electron chi connectivity index (χ2n) is 5.88. The van der Waals surface area contributed by atoms with Crippen molar-refractivity contribution < 1.29 is 18.3 Å². The highest BCUT2D eigenvalue weighted by Gasteiger charge is 2.20. The molecule has 26 heavy (non-hydrogen) atoms. The van der Waals surface area contributed by atoms with Gasteiger partial charge in [-0.3, -0.25) is 4.79 Å². The van der Waals surface area contributed by atoms with Crippen LogP contribution in [-0.4, -0.2) is 39.8 Å². The number of carbonyl (C=O) groups is 1. The summed E-state index contributed by atoms with van der Waals surface area (Å²) < 4.78 is 34.0. The number of aromatic nitrogens is 3. The topological polar surface area (TPSA) is 80.5 Å². The van der Waals surface area contributed by atoms with E-state index in [1.54, 1.807) is 12.3 Å². The number of hydrogen-bond acceptors (Lipinski definition) is 5. The van der Waals surface area contributed by atoms with Gasteiger partial charge >= 0.3 is 0 Å². The number of ether oxygens (including phenoxy) is 1. The van der Waals surface area contributed by atoms with E-state index in [1.807, 2.05) is 0 Å². The Bertz CT molecular complexity index is 975. The maximum Gasteiger partial charge on any atom is 0.257 e. The van der Waals surface area contributed by atoms with Crippen LogP contribution in [-0.2, 0) is 6.54 Å². The number of amides is 1. The average Bonchev–Trinajstić information content (AvgIpc) is 3.07. The van der Waals surface area contributed by atoms with Gasteiger partial charge in [0.2, 0.25) is 0 Å². The molecule has 2 N–H and O–H groups in total. The summed E-state index contributed by atoms with van der Waals surface area (Å²) in [5, 5.41) is 9.72. The molecule has 2 aromatic heterocycles. The minimum Gasteiger partial charge on any atom is -0.491 e. The minimum atomic E-state index is -0.854. The van der Waals surface area contributed by atoms with E-state index < -0.39 is 24.4 Å². The lowest BCUT2D eigenvalue weighted by Gasteiger charge is -2.17. The van der Waals surface area contributed by atoms with Crippen LogP contribution in [0.25, 0.3) is 5.65 Å². The first-order chi connectivity index (χ1) is 12.6. The summed E-state index contributed by atoms with van der Waals surface area (Å²) in [6.07, 6.45) is 3.03. The smallest absolute Gasteiger partial charge is 0.257 e. The Morgan fingerprint density at radius 1 is 1.35 bits per heavy atom. The van der Waals surface area contributed by atoms with Crippen molar-refractivity contribution in [2.24, 2.45) is 0 Å². The summed E-state index contributed by atoms with van der Waals surface area (Å²) in [5.74, 6) is 0.00301. The van der Waals surface area contributed by atoms with Crippen molar-refractivity contribution in [3.63, 3.8) is 0 Å². The molecule has 1 aromatic carbocycles. The van der Waals surface area contributed by atoms with E-state index in [0.717, 1.165) is 0 Å². The Morgan fingerprint density at radius 2 is 2.23 bits per heavy atom. The molecule has 1 aliphatic rings. The predicted octanol–water partition coefficient (Wildman–Crippen LogP) is 1.94. The number of nitrogens with one attached hydrogen (secondary N) is 2. The average molecular weight is 359 g/mol. The van der Waals surface area contributed by atoms with E-state index in [1.165, 1.54) is 28.9 Å². The summed E-state index contributed by atoms with van der Waals surface area (Å²) in [7, 11) is 0. The standard InChI is InChI=1S/C17H15F2N5O2/c18-6-12-9-26-14-2-1-11(19)5-10(14)7-20-15-3-4-24-16(23-15)13(8-21-24)17(25)22-12/h1-5,8,12H,6-7,9H2,(H,20,23)(H,22,25)/t12-/m1/s1. The maximum absolute atomic E-state index is 13.6. The van der Waals surface area contributed by atoms with Crippen molar-refractivity contribution in [2.45, 2.75) is 12.6 Å². The van der Waals surface area contributed by atoms with Crippen molar-refractivity contribution in [2.75, 3.05) is 18.6 Å². The van der Waals surface area contributed by atoms with Crippen LogP contribution in [0.15, 0.2) is 36.7 Å². The van der Waals surface area contributed by atoms with Crippen molar-refractivity contribution in [3.05, 3.63) is 53.6 Å². The summed E-state index contributed by atoms with van der Waals surface area (Å²) in [6.45, 7) is -0.643. The Balaban J connectivity index is 1.77. The maximum atomic E-state index is 13.6. The fraction of sp³-hybridized carbons (Fsp3) is 0.235. The van der Waals surface area contributed by atoms with Gasteiger partial charge in [0.05, 0.1) is 12.2 Å². The fourth-order valence-corrected chi connectivity index (χ4v) is 2.72. The molecule has 0 aliphatic carbocycles. The molecule has 0 unspecified atom stereocenters. The van der Waals surface area contributed by atoms with Crippen LogP contribution in [0.4, 0.5) is 14.6 Å². The van der Waals surface area contributed by atoms with Crippen LogP contribution >= 0.6 is 0 Å². The van der Waals surface area contributed by atoms with E-state index in [-0.39, 0.29) is 18.7 Å². The highest BCUT2D eigenvalue weighted by molar-refractivity contribution is 5.99. The van der Waals surface area contributed by atoms with Crippen molar-refractivity contribution in [1.82, 2.24) is 19.9 Å². The van der Waals surface area contributed by atoms with Gasteiger partial charge in [-0.2, -0.15) is 5.10 Å². The second kappa shape index (κ2) is 6.58. The van der Waals surface area contributed by atoms with Gasteiger partial charge in [0.1, 0.15) is 36.2 Å². The summed E-state index contributed by atoms with van der Waals surface area (Å²) in [5.41, 5.74) is 1.13. The molecular formula is C17H15F2N5O2. The number of halogens is 2. The second-order valence-corrected chi connectivity index (χ2v) is 5.88. The van der Waals surface area contributed by atoms with Crippen LogP contribution in [0.2, 0.25) is 0 Å². The normalized spacial score (nSPS) is 17.3. The number of fused-ring (bicyclic) bond motifs is 2. The number of anilines is 1. The van der Waals surface area contributed by atoms with Gasteiger partial charge in [0, 0.05) is 18.3 Å². The van der Waals surface area contributed by atoms with Crippen LogP contribution in [0.3, 0.4) is 0 Å². The first kappa shape index (κ1) is 16.2. The third-order valence-corrected chi connectivity index (χ3v) is 4.06. The molecule has 0 saturated heterocycles. The van der Waals surface area contributed by atoms with Gasteiger partial charge in [-0.15, -0.1) is 0 Å². The molecule has 0 saturated carbocycles. The van der Waals surface area contributed by atoms with Crippen LogP contribution in [0, 0.1) is 5.82 Å². The van der Waals surface area contributed by atoms with E-state index in [2.05, 4.69) is 20.7 Å². The molecule has 3 aromatic rings. The largest absolute Gasteiger partial charge is 0.491 e. The zero-order valence-corrected chi connectivity index (χ0v) is 13.6. The number of hydrogen-bond donors (Lipinski definition) is 2. The van der Waals surface area contributed by atoms with Gasteiger partial charge in [-0.05, 0) is 24.3 Å². The molecule has 7 nitrogen and oxygen atoms in total. The molecule has 9 heteroatoms. The molecule has 1 amide bonds. The highest BCUT2D eigenvalue weighted by atomic mass is 19.1. The first-order valence-electron chi connectivity index (χ1n) is 8.00. The molecule has 0 radical (unpaired) electrons. The fourth-order valence-electron chi connectivity index (χ4n) is 2.72. The van der Waals surface area contributed by atoms with Crippen molar-refractivity contribution in [3.8, 4) is 5.75 Å². The Hall–Kier alpha value is -3.23. The highest BCUT2D eigenvalue weighted by Crippen LogP contribution is 2.22. The molecule has 134 valence electrons. The van der Waals surface area contributed by atoms with E-state index in [4.69, 9.17) is 4.74 Å².